The van der Waals surface area contributed by atoms with Gasteiger partial charge in [-0.05, 0) is 52.2 Å². The van der Waals surface area contributed by atoms with E-state index in [2.05, 4.69) is 20.9 Å². The van der Waals surface area contributed by atoms with Crippen molar-refractivity contribution < 1.29 is 5.11 Å². The highest BCUT2D eigenvalue weighted by atomic mass is 79.9. The Balaban J connectivity index is 1.92. The van der Waals surface area contributed by atoms with E-state index >= 15 is 0 Å². The molecule has 0 aliphatic heterocycles. The second kappa shape index (κ2) is 5.57. The number of pyridine rings is 1. The molecule has 0 fully saturated rings. The molecular formula is C12H12BrNOS. The first-order valence-corrected chi connectivity index (χ1v) is 6.66. The Labute approximate surface area is 107 Å². The fourth-order valence-corrected chi connectivity index (χ4v) is 3.11. The molecule has 0 spiro atoms. The Kier molecular flexibility index (Phi) is 4.09. The SMILES string of the molecule is OC(Cc1ccncc1)Cc1ccc(Br)s1. The predicted molar refractivity (Wildman–Crippen MR) is 69.7 cm³/mol. The molecule has 2 rings (SSSR count). The van der Waals surface area contributed by atoms with Gasteiger partial charge in [-0.15, -0.1) is 11.3 Å². The van der Waals surface area contributed by atoms with E-state index in [1.54, 1.807) is 23.7 Å². The van der Waals surface area contributed by atoms with Crippen LogP contribution in [0.3, 0.4) is 0 Å². The van der Waals surface area contributed by atoms with Crippen LogP contribution < -0.4 is 0 Å². The molecule has 0 amide bonds. The second-order valence-electron chi connectivity index (χ2n) is 3.62. The second-order valence-corrected chi connectivity index (χ2v) is 6.17. The number of thiophene rings is 1. The molecule has 0 saturated carbocycles. The third-order valence-electron chi connectivity index (χ3n) is 2.29. The van der Waals surface area contributed by atoms with Gasteiger partial charge in [0.15, 0.2) is 0 Å². The Bertz CT molecular complexity index is 443. The molecule has 2 nitrogen and oxygen atoms in total. The average Bonchev–Trinajstić information content (AvgIpc) is 2.65. The maximum absolute atomic E-state index is 9.94. The van der Waals surface area contributed by atoms with Gasteiger partial charge in [-0.3, -0.25) is 4.98 Å². The number of aliphatic hydroxyl groups is 1. The van der Waals surface area contributed by atoms with E-state index in [-0.39, 0.29) is 6.10 Å². The zero-order chi connectivity index (χ0) is 11.4. The van der Waals surface area contributed by atoms with Crippen molar-refractivity contribution in [3.8, 4) is 0 Å². The molecule has 0 saturated heterocycles. The molecule has 0 aliphatic rings. The Morgan fingerprint density at radius 2 is 1.94 bits per heavy atom. The molecule has 1 atom stereocenters. The van der Waals surface area contributed by atoms with Crippen molar-refractivity contribution in [2.24, 2.45) is 0 Å². The summed E-state index contributed by atoms with van der Waals surface area (Å²) in [6.45, 7) is 0. The molecule has 1 unspecified atom stereocenters. The summed E-state index contributed by atoms with van der Waals surface area (Å²) in [4.78, 5) is 5.16. The molecule has 0 aromatic carbocycles. The number of hydrogen-bond donors (Lipinski definition) is 1. The van der Waals surface area contributed by atoms with Crippen molar-refractivity contribution in [3.63, 3.8) is 0 Å². The first-order valence-electron chi connectivity index (χ1n) is 5.05. The number of halogens is 1. The highest BCUT2D eigenvalue weighted by Gasteiger charge is 2.08. The van der Waals surface area contributed by atoms with Crippen LogP contribution in [0.4, 0.5) is 0 Å². The average molecular weight is 298 g/mol. The molecule has 4 heteroatoms. The third-order valence-corrected chi connectivity index (χ3v) is 3.93. The lowest BCUT2D eigenvalue weighted by molar-refractivity contribution is 0.176. The van der Waals surface area contributed by atoms with Gasteiger partial charge in [-0.25, -0.2) is 0 Å². The summed E-state index contributed by atoms with van der Waals surface area (Å²) in [6, 6.07) is 7.94. The molecule has 1 N–H and O–H groups in total. The van der Waals surface area contributed by atoms with Gasteiger partial charge in [-0.1, -0.05) is 0 Å². The molecule has 2 aromatic heterocycles. The fraction of sp³-hybridized carbons (Fsp3) is 0.250. The predicted octanol–water partition coefficient (Wildman–Crippen LogP) is 3.05. The summed E-state index contributed by atoms with van der Waals surface area (Å²) >= 11 is 5.09. The smallest absolute Gasteiger partial charge is 0.0701 e. The van der Waals surface area contributed by atoms with E-state index in [1.807, 2.05) is 24.3 Å². The monoisotopic (exact) mass is 297 g/mol. The van der Waals surface area contributed by atoms with Crippen molar-refractivity contribution in [1.82, 2.24) is 4.98 Å². The summed E-state index contributed by atoms with van der Waals surface area (Å²) in [5.74, 6) is 0. The van der Waals surface area contributed by atoms with Gasteiger partial charge in [-0.2, -0.15) is 0 Å². The molecule has 0 radical (unpaired) electrons. The van der Waals surface area contributed by atoms with Crippen molar-refractivity contribution in [2.45, 2.75) is 18.9 Å². The lowest BCUT2D eigenvalue weighted by atomic mass is 10.1. The van der Waals surface area contributed by atoms with Crippen LogP contribution in [0, 0.1) is 0 Å². The van der Waals surface area contributed by atoms with Crippen LogP contribution in [0.5, 0.6) is 0 Å². The number of rotatable bonds is 4. The first-order chi connectivity index (χ1) is 7.74. The Hall–Kier alpha value is -0.710. The van der Waals surface area contributed by atoms with Crippen LogP contribution in [0.2, 0.25) is 0 Å². The van der Waals surface area contributed by atoms with Crippen LogP contribution >= 0.6 is 27.3 Å². The summed E-state index contributed by atoms with van der Waals surface area (Å²) < 4.78 is 1.11. The summed E-state index contributed by atoms with van der Waals surface area (Å²) in [7, 11) is 0. The number of aromatic nitrogens is 1. The van der Waals surface area contributed by atoms with Gasteiger partial charge in [0.1, 0.15) is 0 Å². The third kappa shape index (κ3) is 3.40. The van der Waals surface area contributed by atoms with E-state index in [0.29, 0.717) is 12.8 Å². The van der Waals surface area contributed by atoms with Crippen molar-refractivity contribution in [2.75, 3.05) is 0 Å². The van der Waals surface area contributed by atoms with Gasteiger partial charge in [0.2, 0.25) is 0 Å². The Morgan fingerprint density at radius 3 is 2.56 bits per heavy atom. The lowest BCUT2D eigenvalue weighted by Gasteiger charge is -2.08. The van der Waals surface area contributed by atoms with Crippen LogP contribution in [-0.2, 0) is 12.8 Å². The van der Waals surface area contributed by atoms with E-state index < -0.39 is 0 Å². The zero-order valence-corrected chi connectivity index (χ0v) is 11.0. The van der Waals surface area contributed by atoms with E-state index in [0.717, 1.165) is 9.35 Å². The quantitative estimate of drug-likeness (QED) is 0.941. The van der Waals surface area contributed by atoms with Gasteiger partial charge in [0.25, 0.3) is 0 Å². The van der Waals surface area contributed by atoms with Gasteiger partial charge in [0, 0.05) is 23.7 Å². The summed E-state index contributed by atoms with van der Waals surface area (Å²) in [5, 5.41) is 9.94. The number of aliphatic hydroxyl groups excluding tert-OH is 1. The fourth-order valence-electron chi connectivity index (χ4n) is 1.56. The standard InChI is InChI=1S/C12H12BrNOS/c13-12-2-1-11(16-12)8-10(15)7-9-3-5-14-6-4-9/h1-6,10,15H,7-8H2. The van der Waals surface area contributed by atoms with E-state index in [4.69, 9.17) is 0 Å². The molecule has 0 bridgehead atoms. The normalized spacial score (nSPS) is 12.6. The lowest BCUT2D eigenvalue weighted by Crippen LogP contribution is -2.13. The molecule has 16 heavy (non-hydrogen) atoms. The minimum absolute atomic E-state index is 0.326. The maximum atomic E-state index is 9.94. The van der Waals surface area contributed by atoms with Crippen molar-refractivity contribution in [3.05, 3.63) is 50.9 Å². The minimum Gasteiger partial charge on any atom is -0.392 e. The van der Waals surface area contributed by atoms with Crippen molar-refractivity contribution >= 4 is 27.3 Å². The highest BCUT2D eigenvalue weighted by Crippen LogP contribution is 2.23. The Morgan fingerprint density at radius 1 is 1.19 bits per heavy atom. The number of hydrogen-bond acceptors (Lipinski definition) is 3. The van der Waals surface area contributed by atoms with Gasteiger partial charge in [0.05, 0.1) is 9.89 Å². The van der Waals surface area contributed by atoms with Crippen LogP contribution in [0.15, 0.2) is 40.4 Å². The highest BCUT2D eigenvalue weighted by molar-refractivity contribution is 9.11. The van der Waals surface area contributed by atoms with Crippen LogP contribution in [0.1, 0.15) is 10.4 Å². The van der Waals surface area contributed by atoms with E-state index in [9.17, 15) is 5.11 Å². The summed E-state index contributed by atoms with van der Waals surface area (Å²) in [6.07, 6.45) is 4.57. The zero-order valence-electron chi connectivity index (χ0n) is 8.64. The molecule has 0 aliphatic carbocycles. The van der Waals surface area contributed by atoms with Crippen LogP contribution in [0.25, 0.3) is 0 Å². The van der Waals surface area contributed by atoms with Gasteiger partial charge < -0.3 is 5.11 Å². The molecule has 2 heterocycles. The first kappa shape index (κ1) is 11.8. The molecule has 2 aromatic rings. The maximum Gasteiger partial charge on any atom is 0.0701 e. The van der Waals surface area contributed by atoms with Crippen LogP contribution in [-0.4, -0.2) is 16.2 Å². The van der Waals surface area contributed by atoms with Gasteiger partial charge >= 0.3 is 0 Å². The number of nitrogens with zero attached hydrogens (tertiary/aromatic N) is 1. The molecular weight excluding hydrogens is 286 g/mol. The minimum atomic E-state index is -0.326. The van der Waals surface area contributed by atoms with E-state index in [1.165, 1.54) is 4.88 Å². The molecule has 84 valence electrons. The topological polar surface area (TPSA) is 33.1 Å². The summed E-state index contributed by atoms with van der Waals surface area (Å²) in [5.41, 5.74) is 1.12. The largest absolute Gasteiger partial charge is 0.392 e. The van der Waals surface area contributed by atoms with Crippen molar-refractivity contribution in [1.29, 1.82) is 0 Å².